The third-order valence-corrected chi connectivity index (χ3v) is 4.99. The van der Waals surface area contributed by atoms with E-state index in [9.17, 15) is 0 Å². The van der Waals surface area contributed by atoms with Crippen molar-refractivity contribution in [1.82, 2.24) is 4.98 Å². The first kappa shape index (κ1) is 12.1. The van der Waals surface area contributed by atoms with Crippen molar-refractivity contribution in [3.05, 3.63) is 0 Å². The first-order valence-corrected chi connectivity index (χ1v) is 6.82. The van der Waals surface area contributed by atoms with Crippen molar-refractivity contribution in [2.75, 3.05) is 13.2 Å². The van der Waals surface area contributed by atoms with E-state index < -0.39 is 9.20 Å². The molecule has 0 heterocycles. The molecular weight excluding hydrogens is 166 g/mol. The van der Waals surface area contributed by atoms with Crippen LogP contribution in [0.3, 0.4) is 0 Å². The van der Waals surface area contributed by atoms with Crippen LogP contribution in [0.5, 0.6) is 0 Å². The van der Waals surface area contributed by atoms with Gasteiger partial charge in [-0.15, -0.1) is 0 Å². The maximum Gasteiger partial charge on any atom is 0.255 e. The third kappa shape index (κ3) is 4.90. The van der Waals surface area contributed by atoms with Crippen LogP contribution in [-0.4, -0.2) is 22.4 Å². The molecule has 0 aromatic heterocycles. The normalized spacial score (nSPS) is 16.0. The highest BCUT2D eigenvalue weighted by atomic mass is 28.3. The molecule has 3 heteroatoms. The maximum atomic E-state index is 5.72. The summed E-state index contributed by atoms with van der Waals surface area (Å²) in [4.78, 5) is 3.54. The van der Waals surface area contributed by atoms with E-state index in [-0.39, 0.29) is 0 Å². The Hall–Kier alpha value is 0.137. The molecule has 0 aromatic carbocycles. The van der Waals surface area contributed by atoms with E-state index in [1.165, 1.54) is 12.8 Å². The van der Waals surface area contributed by atoms with Gasteiger partial charge in [0.1, 0.15) is 0 Å². The highest BCUT2D eigenvalue weighted by Gasteiger charge is 2.17. The molecule has 0 fully saturated rings. The summed E-state index contributed by atoms with van der Waals surface area (Å²) in [5.74, 6) is 0. The molecule has 0 aromatic rings. The van der Waals surface area contributed by atoms with Crippen molar-refractivity contribution >= 4 is 9.20 Å². The molecule has 0 radical (unpaired) electrons. The molecule has 0 amide bonds. The zero-order chi connectivity index (χ0) is 9.40. The lowest BCUT2D eigenvalue weighted by Crippen LogP contribution is -2.40. The smallest absolute Gasteiger partial charge is 0.255 e. The Labute approximate surface area is 78.5 Å². The van der Waals surface area contributed by atoms with Crippen molar-refractivity contribution in [2.24, 2.45) is 0 Å². The monoisotopic (exact) mass is 189 g/mol. The summed E-state index contributed by atoms with van der Waals surface area (Å²) in [6.07, 6.45) is 2.43. The lowest BCUT2D eigenvalue weighted by molar-refractivity contribution is 0.323. The van der Waals surface area contributed by atoms with Crippen LogP contribution in [-0.2, 0) is 4.43 Å². The second kappa shape index (κ2) is 7.77. The quantitative estimate of drug-likeness (QED) is 0.619. The highest BCUT2D eigenvalue weighted by Crippen LogP contribution is 2.12. The fourth-order valence-corrected chi connectivity index (χ4v) is 3.31. The predicted molar refractivity (Wildman–Crippen MR) is 56.8 cm³/mol. The second-order valence-corrected chi connectivity index (χ2v) is 5.94. The summed E-state index contributed by atoms with van der Waals surface area (Å²) >= 11 is 0. The lowest BCUT2D eigenvalue weighted by Gasteiger charge is -2.21. The minimum atomic E-state index is -1.10. The van der Waals surface area contributed by atoms with Gasteiger partial charge in [-0.25, -0.2) is 0 Å². The van der Waals surface area contributed by atoms with E-state index in [2.05, 4.69) is 32.7 Å². The Kier molecular flexibility index (Phi) is 7.86. The van der Waals surface area contributed by atoms with Crippen LogP contribution in [0, 0.1) is 0 Å². The SMILES string of the molecule is CCCN[SiH](OCC)C(C)CC. The summed E-state index contributed by atoms with van der Waals surface area (Å²) < 4.78 is 5.72. The molecule has 0 saturated heterocycles. The van der Waals surface area contributed by atoms with E-state index in [4.69, 9.17) is 4.43 Å². The molecule has 2 atom stereocenters. The summed E-state index contributed by atoms with van der Waals surface area (Å²) in [7, 11) is -1.10. The first-order chi connectivity index (χ1) is 5.76. The molecule has 0 saturated carbocycles. The number of hydrogen-bond acceptors (Lipinski definition) is 2. The van der Waals surface area contributed by atoms with Gasteiger partial charge < -0.3 is 9.41 Å². The van der Waals surface area contributed by atoms with Crippen molar-refractivity contribution in [3.8, 4) is 0 Å². The van der Waals surface area contributed by atoms with Gasteiger partial charge in [-0.3, -0.25) is 0 Å². The Bertz CT molecular complexity index is 101. The molecule has 74 valence electrons. The van der Waals surface area contributed by atoms with Crippen LogP contribution in [0.2, 0.25) is 5.54 Å². The maximum absolute atomic E-state index is 5.72. The Morgan fingerprint density at radius 1 is 1.33 bits per heavy atom. The molecule has 1 N–H and O–H groups in total. The van der Waals surface area contributed by atoms with Gasteiger partial charge in [-0.2, -0.15) is 0 Å². The van der Waals surface area contributed by atoms with Crippen LogP contribution in [0.1, 0.15) is 40.5 Å². The van der Waals surface area contributed by atoms with Crippen molar-refractivity contribution in [3.63, 3.8) is 0 Å². The molecule has 0 aliphatic rings. The number of nitrogens with one attached hydrogen (secondary N) is 1. The zero-order valence-corrected chi connectivity index (χ0v) is 10.0. The molecular formula is C9H23NOSi. The van der Waals surface area contributed by atoms with Gasteiger partial charge in [0, 0.05) is 6.61 Å². The van der Waals surface area contributed by atoms with Gasteiger partial charge in [-0.1, -0.05) is 27.2 Å². The van der Waals surface area contributed by atoms with Crippen LogP contribution in [0.25, 0.3) is 0 Å². The summed E-state index contributed by atoms with van der Waals surface area (Å²) in [5.41, 5.74) is 0.747. The third-order valence-electron chi connectivity index (χ3n) is 2.10. The Balaban J connectivity index is 3.68. The van der Waals surface area contributed by atoms with E-state index in [1.54, 1.807) is 0 Å². The van der Waals surface area contributed by atoms with Gasteiger partial charge in [0.15, 0.2) is 0 Å². The van der Waals surface area contributed by atoms with Crippen LogP contribution in [0.4, 0.5) is 0 Å². The van der Waals surface area contributed by atoms with Crippen molar-refractivity contribution < 1.29 is 4.43 Å². The highest BCUT2D eigenvalue weighted by molar-refractivity contribution is 6.50. The zero-order valence-electron chi connectivity index (χ0n) is 8.89. The topological polar surface area (TPSA) is 21.3 Å². The first-order valence-electron chi connectivity index (χ1n) is 5.11. The summed E-state index contributed by atoms with van der Waals surface area (Å²) in [6, 6.07) is 0. The molecule has 0 spiro atoms. The minimum absolute atomic E-state index is 0.747. The van der Waals surface area contributed by atoms with Gasteiger partial charge >= 0.3 is 0 Å². The van der Waals surface area contributed by atoms with Crippen molar-refractivity contribution in [2.45, 2.75) is 46.1 Å². The van der Waals surface area contributed by atoms with Crippen LogP contribution >= 0.6 is 0 Å². The van der Waals surface area contributed by atoms with Gasteiger partial charge in [0.25, 0.3) is 9.20 Å². The van der Waals surface area contributed by atoms with Crippen LogP contribution in [0.15, 0.2) is 0 Å². The second-order valence-electron chi connectivity index (χ2n) is 3.22. The molecule has 0 aliphatic heterocycles. The average Bonchev–Trinajstić information content (AvgIpc) is 2.11. The van der Waals surface area contributed by atoms with Gasteiger partial charge in [-0.05, 0) is 25.4 Å². The molecule has 12 heavy (non-hydrogen) atoms. The summed E-state index contributed by atoms with van der Waals surface area (Å²) in [6.45, 7) is 10.8. The van der Waals surface area contributed by atoms with E-state index in [1.807, 2.05) is 0 Å². The fourth-order valence-electron chi connectivity index (χ4n) is 1.10. The Morgan fingerprint density at radius 2 is 2.00 bits per heavy atom. The standard InChI is InChI=1S/C9H23NOSi/c1-5-8-10-12(11-7-3)9(4)6-2/h9-10,12H,5-8H2,1-4H3. The van der Waals surface area contributed by atoms with E-state index in [0.29, 0.717) is 0 Å². The van der Waals surface area contributed by atoms with Crippen LogP contribution < -0.4 is 4.98 Å². The molecule has 0 rings (SSSR count). The van der Waals surface area contributed by atoms with Gasteiger partial charge in [0.05, 0.1) is 0 Å². The lowest BCUT2D eigenvalue weighted by atomic mass is 10.4. The van der Waals surface area contributed by atoms with Crippen molar-refractivity contribution in [1.29, 1.82) is 0 Å². The molecule has 2 nitrogen and oxygen atoms in total. The largest absolute Gasteiger partial charge is 0.406 e. The van der Waals surface area contributed by atoms with Gasteiger partial charge in [0.2, 0.25) is 0 Å². The number of rotatable bonds is 7. The average molecular weight is 189 g/mol. The Morgan fingerprint density at radius 3 is 2.42 bits per heavy atom. The summed E-state index contributed by atoms with van der Waals surface area (Å²) in [5, 5.41) is 0. The van der Waals surface area contributed by atoms with E-state index in [0.717, 1.165) is 18.7 Å². The number of hydrogen-bond donors (Lipinski definition) is 1. The molecule has 2 unspecified atom stereocenters. The van der Waals surface area contributed by atoms with E-state index >= 15 is 0 Å². The fraction of sp³-hybridized carbons (Fsp3) is 1.00. The molecule has 0 bridgehead atoms. The molecule has 0 aliphatic carbocycles. The predicted octanol–water partition coefficient (Wildman–Crippen LogP) is 2.04. The minimum Gasteiger partial charge on any atom is -0.406 e.